The van der Waals surface area contributed by atoms with Gasteiger partial charge >= 0.3 is 0 Å². The summed E-state index contributed by atoms with van der Waals surface area (Å²) in [6.45, 7) is 6.66. The van der Waals surface area contributed by atoms with Crippen LogP contribution < -0.4 is 20.3 Å². The highest BCUT2D eigenvalue weighted by molar-refractivity contribution is 6.33. The number of piperazine rings is 1. The highest BCUT2D eigenvalue weighted by Gasteiger charge is 2.25. The van der Waals surface area contributed by atoms with Gasteiger partial charge in [-0.1, -0.05) is 24.2 Å². The second-order valence-electron chi connectivity index (χ2n) is 10.3. The maximum Gasteiger partial charge on any atom is 0.247 e. The molecule has 224 valence electrons. The van der Waals surface area contributed by atoms with Gasteiger partial charge in [0.05, 0.1) is 52.8 Å². The maximum atomic E-state index is 12.7. The van der Waals surface area contributed by atoms with Gasteiger partial charge in [-0.25, -0.2) is 14.5 Å². The zero-order valence-electron chi connectivity index (χ0n) is 24.4. The first-order valence-electron chi connectivity index (χ1n) is 13.8. The number of fused-ring (bicyclic) bond motifs is 1. The van der Waals surface area contributed by atoms with Gasteiger partial charge in [0.25, 0.3) is 0 Å². The van der Waals surface area contributed by atoms with E-state index < -0.39 is 0 Å². The standard InChI is InChI=1S/C30H34ClN9O3/c1-5-27(41)34-22-16-23(26(43-4)17-25(22)38-12-14-39(15-13-38)28(42)9-11-37(2)3)35-30-32-19-21(31)29(36-30)20-18-33-40-10-7-6-8-24(20)40/h5-8,10,16-19H,1,9,11-15H2,2-4H3,(H,34,41)(H,32,35,36). The zero-order valence-corrected chi connectivity index (χ0v) is 25.1. The molecule has 0 radical (unpaired) electrons. The Bertz CT molecular complexity index is 1650. The number of rotatable bonds is 10. The topological polar surface area (TPSA) is 120 Å². The van der Waals surface area contributed by atoms with Crippen LogP contribution in [0.25, 0.3) is 16.8 Å². The minimum absolute atomic E-state index is 0.136. The summed E-state index contributed by atoms with van der Waals surface area (Å²) in [7, 11) is 5.48. The number of halogens is 1. The first-order valence-corrected chi connectivity index (χ1v) is 14.2. The lowest BCUT2D eigenvalue weighted by Crippen LogP contribution is -2.49. The molecule has 0 saturated carbocycles. The highest BCUT2D eigenvalue weighted by atomic mass is 35.5. The van der Waals surface area contributed by atoms with Crippen LogP contribution in [0.5, 0.6) is 5.75 Å². The average Bonchev–Trinajstić information content (AvgIpc) is 3.45. The third kappa shape index (κ3) is 6.71. The molecule has 3 aromatic heterocycles. The van der Waals surface area contributed by atoms with Crippen molar-refractivity contribution in [3.8, 4) is 17.0 Å². The van der Waals surface area contributed by atoms with Gasteiger partial charge in [0.1, 0.15) is 5.75 Å². The molecule has 4 aromatic rings. The van der Waals surface area contributed by atoms with E-state index in [9.17, 15) is 9.59 Å². The van der Waals surface area contributed by atoms with Crippen LogP contribution in [-0.2, 0) is 9.59 Å². The molecule has 12 nitrogen and oxygen atoms in total. The van der Waals surface area contributed by atoms with E-state index in [0.29, 0.717) is 67.0 Å². The minimum atomic E-state index is -0.354. The number of carbonyl (C=O) groups is 2. The van der Waals surface area contributed by atoms with Crippen molar-refractivity contribution in [3.05, 3.63) is 66.6 Å². The maximum absolute atomic E-state index is 12.7. The minimum Gasteiger partial charge on any atom is -0.494 e. The van der Waals surface area contributed by atoms with E-state index in [0.717, 1.165) is 16.8 Å². The molecule has 2 N–H and O–H groups in total. The van der Waals surface area contributed by atoms with Crippen LogP contribution in [-0.4, -0.2) is 95.1 Å². The second-order valence-corrected chi connectivity index (χ2v) is 10.7. The Balaban J connectivity index is 1.42. The summed E-state index contributed by atoms with van der Waals surface area (Å²) in [6.07, 6.45) is 6.78. The van der Waals surface area contributed by atoms with Crippen LogP contribution in [0.4, 0.5) is 23.0 Å². The van der Waals surface area contributed by atoms with Crippen LogP contribution in [0.2, 0.25) is 5.02 Å². The van der Waals surface area contributed by atoms with Crippen molar-refractivity contribution in [1.82, 2.24) is 29.4 Å². The van der Waals surface area contributed by atoms with Crippen LogP contribution in [0.15, 0.2) is 61.6 Å². The highest BCUT2D eigenvalue weighted by Crippen LogP contribution is 2.39. The Morgan fingerprint density at radius 1 is 1.14 bits per heavy atom. The van der Waals surface area contributed by atoms with Crippen LogP contribution in [0, 0.1) is 0 Å². The number of hydrogen-bond acceptors (Lipinski definition) is 9. The SMILES string of the molecule is C=CC(=O)Nc1cc(Nc2ncc(Cl)c(-c3cnn4ccccc34)n2)c(OC)cc1N1CCN(C(=O)CCN(C)C)CC1. The van der Waals surface area contributed by atoms with Crippen LogP contribution in [0.3, 0.4) is 0 Å². The molecule has 13 heteroatoms. The van der Waals surface area contributed by atoms with Crippen molar-refractivity contribution in [2.75, 3.05) is 69.5 Å². The number of amides is 2. The van der Waals surface area contributed by atoms with Crippen molar-refractivity contribution in [2.45, 2.75) is 6.42 Å². The molecule has 0 spiro atoms. The molecule has 0 aliphatic carbocycles. The third-order valence-electron chi connectivity index (χ3n) is 7.18. The molecule has 1 fully saturated rings. The number of benzene rings is 1. The van der Waals surface area contributed by atoms with Gasteiger partial charge in [0.15, 0.2) is 0 Å². The van der Waals surface area contributed by atoms with Gasteiger partial charge in [-0.2, -0.15) is 5.10 Å². The fourth-order valence-corrected chi connectivity index (χ4v) is 5.10. The van der Waals surface area contributed by atoms with E-state index in [1.165, 1.54) is 12.3 Å². The Morgan fingerprint density at radius 2 is 1.93 bits per heavy atom. The predicted octanol–water partition coefficient (Wildman–Crippen LogP) is 3.92. The number of carbonyl (C=O) groups excluding carboxylic acids is 2. The van der Waals surface area contributed by atoms with E-state index in [4.69, 9.17) is 16.3 Å². The molecule has 0 atom stereocenters. The molecule has 4 heterocycles. The first kappa shape index (κ1) is 29.8. The summed E-state index contributed by atoms with van der Waals surface area (Å²) in [5.41, 5.74) is 3.99. The molecule has 1 aliphatic heterocycles. The predicted molar refractivity (Wildman–Crippen MR) is 168 cm³/mol. The fourth-order valence-electron chi connectivity index (χ4n) is 4.91. The number of nitrogens with one attached hydrogen (secondary N) is 2. The molecular formula is C30H34ClN9O3. The summed E-state index contributed by atoms with van der Waals surface area (Å²) in [5, 5.41) is 10.9. The number of methoxy groups -OCH3 is 1. The number of nitrogens with zero attached hydrogens (tertiary/aromatic N) is 7. The van der Waals surface area contributed by atoms with Gasteiger partial charge in [0, 0.05) is 57.0 Å². The molecule has 43 heavy (non-hydrogen) atoms. The summed E-state index contributed by atoms with van der Waals surface area (Å²) in [4.78, 5) is 40.2. The van der Waals surface area contributed by atoms with Crippen molar-refractivity contribution < 1.29 is 14.3 Å². The van der Waals surface area contributed by atoms with Gasteiger partial charge in [0.2, 0.25) is 17.8 Å². The van der Waals surface area contributed by atoms with E-state index >= 15 is 0 Å². The fraction of sp³-hybridized carbons (Fsp3) is 0.300. The monoisotopic (exact) mass is 603 g/mol. The Labute approximate surface area is 254 Å². The van der Waals surface area contributed by atoms with Crippen molar-refractivity contribution in [3.63, 3.8) is 0 Å². The zero-order chi connectivity index (χ0) is 30.5. The smallest absolute Gasteiger partial charge is 0.247 e. The molecule has 1 aromatic carbocycles. The molecule has 0 unspecified atom stereocenters. The molecule has 5 rings (SSSR count). The van der Waals surface area contributed by atoms with E-state index in [-0.39, 0.29) is 17.8 Å². The van der Waals surface area contributed by atoms with Crippen LogP contribution >= 0.6 is 11.6 Å². The van der Waals surface area contributed by atoms with E-state index in [2.05, 4.69) is 37.2 Å². The summed E-state index contributed by atoms with van der Waals surface area (Å²) >= 11 is 6.51. The Hall–Kier alpha value is -4.68. The summed E-state index contributed by atoms with van der Waals surface area (Å²) < 4.78 is 7.49. The summed E-state index contributed by atoms with van der Waals surface area (Å²) in [5.74, 6) is 0.587. The van der Waals surface area contributed by atoms with Crippen molar-refractivity contribution >= 4 is 51.9 Å². The quantitative estimate of drug-likeness (QED) is 0.260. The number of ether oxygens (including phenoxy) is 1. The summed E-state index contributed by atoms with van der Waals surface area (Å²) in [6, 6.07) is 9.37. The molecule has 2 amide bonds. The third-order valence-corrected chi connectivity index (χ3v) is 7.46. The van der Waals surface area contributed by atoms with Gasteiger partial charge in [-0.15, -0.1) is 0 Å². The lowest BCUT2D eigenvalue weighted by atomic mass is 10.1. The molecule has 1 aliphatic rings. The molecule has 1 saturated heterocycles. The van der Waals surface area contributed by atoms with Gasteiger partial charge in [-0.05, 0) is 38.4 Å². The first-order chi connectivity index (χ1) is 20.8. The Kier molecular flexibility index (Phi) is 9.07. The lowest BCUT2D eigenvalue weighted by molar-refractivity contribution is -0.131. The van der Waals surface area contributed by atoms with E-state index in [1.807, 2.05) is 54.4 Å². The number of pyridine rings is 1. The van der Waals surface area contributed by atoms with Gasteiger partial charge < -0.3 is 30.1 Å². The normalized spacial score (nSPS) is 13.3. The molecular weight excluding hydrogens is 570 g/mol. The average molecular weight is 604 g/mol. The molecule has 0 bridgehead atoms. The number of aromatic nitrogens is 4. The number of anilines is 4. The second kappa shape index (κ2) is 13.1. The Morgan fingerprint density at radius 3 is 2.65 bits per heavy atom. The van der Waals surface area contributed by atoms with Crippen molar-refractivity contribution in [1.29, 1.82) is 0 Å². The van der Waals surface area contributed by atoms with Crippen molar-refractivity contribution in [2.24, 2.45) is 0 Å². The van der Waals surface area contributed by atoms with Gasteiger partial charge in [-0.3, -0.25) is 9.59 Å². The largest absolute Gasteiger partial charge is 0.494 e. The number of hydrogen-bond donors (Lipinski definition) is 2. The van der Waals surface area contributed by atoms with E-state index in [1.54, 1.807) is 23.9 Å². The lowest BCUT2D eigenvalue weighted by Gasteiger charge is -2.37. The van der Waals surface area contributed by atoms with Crippen LogP contribution in [0.1, 0.15) is 6.42 Å².